The summed E-state index contributed by atoms with van der Waals surface area (Å²) >= 11 is 0. The van der Waals surface area contributed by atoms with Crippen LogP contribution in [0.1, 0.15) is 0 Å². The fourth-order valence-corrected chi connectivity index (χ4v) is 7.43. The Kier molecular flexibility index (Phi) is 7.47. The van der Waals surface area contributed by atoms with Crippen LogP contribution < -0.4 is 4.74 Å². The van der Waals surface area contributed by atoms with E-state index < -0.39 is 0 Å². The van der Waals surface area contributed by atoms with Crippen molar-refractivity contribution >= 4 is 10.8 Å². The lowest BCUT2D eigenvalue weighted by molar-refractivity contribution is 0.487. The van der Waals surface area contributed by atoms with E-state index in [0.717, 1.165) is 78.3 Å². The van der Waals surface area contributed by atoms with E-state index in [1.807, 2.05) is 24.3 Å². The number of benzene rings is 8. The summed E-state index contributed by atoms with van der Waals surface area (Å²) in [5.74, 6) is 2.43. The molecule has 8 aromatic carbocycles. The Balaban J connectivity index is 1.14. The second-order valence-corrected chi connectivity index (χ2v) is 13.4. The van der Waals surface area contributed by atoms with Gasteiger partial charge in [-0.1, -0.05) is 146 Å². The smallest absolute Gasteiger partial charge is 0.160 e. The zero-order valence-electron chi connectivity index (χ0n) is 28.8. The fourth-order valence-electron chi connectivity index (χ4n) is 7.43. The first-order valence-corrected chi connectivity index (χ1v) is 17.9. The second kappa shape index (κ2) is 12.9. The van der Waals surface area contributed by atoms with Gasteiger partial charge in [-0.2, -0.15) is 0 Å². The highest BCUT2D eigenvalue weighted by Crippen LogP contribution is 2.48. The molecule has 0 radical (unpaired) electrons. The van der Waals surface area contributed by atoms with Crippen LogP contribution in [0.3, 0.4) is 0 Å². The van der Waals surface area contributed by atoms with Crippen molar-refractivity contribution in [2.75, 3.05) is 0 Å². The predicted molar refractivity (Wildman–Crippen MR) is 218 cm³/mol. The summed E-state index contributed by atoms with van der Waals surface area (Å²) in [6, 6.07) is 68.0. The summed E-state index contributed by atoms with van der Waals surface area (Å²) in [7, 11) is 0. The molecule has 0 unspecified atom stereocenters. The first-order chi connectivity index (χ1) is 26.2. The molecule has 0 spiro atoms. The molecule has 3 heteroatoms. The van der Waals surface area contributed by atoms with Crippen LogP contribution in [0.2, 0.25) is 0 Å². The highest BCUT2D eigenvalue weighted by atomic mass is 16.5. The van der Waals surface area contributed by atoms with Crippen LogP contribution in [0.25, 0.3) is 89.2 Å². The molecule has 9 aromatic rings. The average Bonchev–Trinajstić information content (AvgIpc) is 3.24. The Morgan fingerprint density at radius 1 is 0.302 bits per heavy atom. The van der Waals surface area contributed by atoms with Crippen LogP contribution in [0.15, 0.2) is 194 Å². The molecule has 0 saturated heterocycles. The van der Waals surface area contributed by atoms with Gasteiger partial charge in [0.25, 0.3) is 0 Å². The number of fused-ring (bicyclic) bond motifs is 2. The van der Waals surface area contributed by atoms with Crippen LogP contribution in [0, 0.1) is 0 Å². The summed E-state index contributed by atoms with van der Waals surface area (Å²) in [5.41, 5.74) is 13.7. The maximum Gasteiger partial charge on any atom is 0.160 e. The molecule has 53 heavy (non-hydrogen) atoms. The zero-order chi connectivity index (χ0) is 35.1. The third-order valence-corrected chi connectivity index (χ3v) is 10.1. The van der Waals surface area contributed by atoms with E-state index in [1.54, 1.807) is 0 Å². The van der Waals surface area contributed by atoms with Crippen molar-refractivity contribution in [1.82, 2.24) is 9.97 Å². The van der Waals surface area contributed by atoms with Gasteiger partial charge < -0.3 is 4.74 Å². The van der Waals surface area contributed by atoms with Crippen molar-refractivity contribution in [3.05, 3.63) is 194 Å². The number of aromatic nitrogens is 2. The van der Waals surface area contributed by atoms with E-state index in [0.29, 0.717) is 5.82 Å². The molecular formula is C50H32N2O. The van der Waals surface area contributed by atoms with Gasteiger partial charge >= 0.3 is 0 Å². The lowest BCUT2D eigenvalue weighted by Gasteiger charge is -2.22. The second-order valence-electron chi connectivity index (χ2n) is 13.4. The van der Waals surface area contributed by atoms with E-state index >= 15 is 0 Å². The van der Waals surface area contributed by atoms with Gasteiger partial charge in [0.2, 0.25) is 0 Å². The molecule has 0 bridgehead atoms. The molecule has 0 fully saturated rings. The highest BCUT2D eigenvalue weighted by Gasteiger charge is 2.21. The van der Waals surface area contributed by atoms with Gasteiger partial charge in [0.15, 0.2) is 5.82 Å². The van der Waals surface area contributed by atoms with Crippen LogP contribution in [0.5, 0.6) is 11.5 Å². The Morgan fingerprint density at radius 2 is 0.830 bits per heavy atom. The van der Waals surface area contributed by atoms with Crippen molar-refractivity contribution in [2.45, 2.75) is 0 Å². The Bertz CT molecular complexity index is 2790. The highest BCUT2D eigenvalue weighted by molar-refractivity contribution is 6.04. The average molecular weight is 677 g/mol. The molecule has 0 saturated carbocycles. The first kappa shape index (κ1) is 30.7. The maximum atomic E-state index is 6.59. The molecular weight excluding hydrogens is 645 g/mol. The van der Waals surface area contributed by atoms with Crippen molar-refractivity contribution in [2.24, 2.45) is 0 Å². The molecule has 3 nitrogen and oxygen atoms in total. The van der Waals surface area contributed by atoms with Crippen LogP contribution in [-0.2, 0) is 0 Å². The number of hydrogen-bond donors (Lipinski definition) is 0. The van der Waals surface area contributed by atoms with Crippen LogP contribution in [-0.4, -0.2) is 9.97 Å². The van der Waals surface area contributed by atoms with Gasteiger partial charge in [0, 0.05) is 27.6 Å². The maximum absolute atomic E-state index is 6.59. The predicted octanol–water partition coefficient (Wildman–Crippen LogP) is 13.4. The summed E-state index contributed by atoms with van der Waals surface area (Å²) in [4.78, 5) is 10.4. The molecule has 248 valence electrons. The standard InChI is InChI=1S/C50H32N2O/c1-4-13-33(14-5-1)37-21-10-22-39(27-37)45-32-46(52-50(51-45)36-17-8-3-9-18-36)42-29-40(34-15-6-2-7-16-34)28-41(30-42)38-25-26-43-44-23-11-19-35-20-12-24-47(49(35)44)53-48(43)31-38/h1-32H. The van der Waals surface area contributed by atoms with Gasteiger partial charge in [-0.05, 0) is 92.9 Å². The number of rotatable bonds is 6. The van der Waals surface area contributed by atoms with Crippen molar-refractivity contribution in [3.8, 4) is 89.9 Å². The van der Waals surface area contributed by atoms with E-state index in [9.17, 15) is 0 Å². The molecule has 0 aliphatic carbocycles. The molecule has 2 heterocycles. The minimum atomic E-state index is 0.685. The lowest BCUT2D eigenvalue weighted by atomic mass is 9.91. The van der Waals surface area contributed by atoms with Gasteiger partial charge in [0.05, 0.1) is 11.4 Å². The Hall–Kier alpha value is -7.10. The molecule has 1 aliphatic heterocycles. The molecule has 0 amide bonds. The normalized spacial score (nSPS) is 11.5. The molecule has 1 aromatic heterocycles. The zero-order valence-corrected chi connectivity index (χ0v) is 28.8. The van der Waals surface area contributed by atoms with Crippen LogP contribution in [0.4, 0.5) is 0 Å². The lowest BCUT2D eigenvalue weighted by Crippen LogP contribution is -1.98. The minimum Gasteiger partial charge on any atom is -0.456 e. The first-order valence-electron chi connectivity index (χ1n) is 17.9. The third kappa shape index (κ3) is 5.75. The fraction of sp³-hybridized carbons (Fsp3) is 0. The quantitative estimate of drug-likeness (QED) is 0.176. The van der Waals surface area contributed by atoms with Crippen molar-refractivity contribution in [3.63, 3.8) is 0 Å². The topological polar surface area (TPSA) is 35.0 Å². The molecule has 0 atom stereocenters. The minimum absolute atomic E-state index is 0.685. The molecule has 10 rings (SSSR count). The number of ether oxygens (including phenoxy) is 1. The van der Waals surface area contributed by atoms with Gasteiger partial charge in [-0.3, -0.25) is 0 Å². The van der Waals surface area contributed by atoms with E-state index in [1.165, 1.54) is 16.5 Å². The molecule has 0 N–H and O–H groups in total. The monoisotopic (exact) mass is 676 g/mol. The number of hydrogen-bond acceptors (Lipinski definition) is 3. The van der Waals surface area contributed by atoms with E-state index in [4.69, 9.17) is 14.7 Å². The van der Waals surface area contributed by atoms with Crippen LogP contribution >= 0.6 is 0 Å². The number of nitrogens with zero attached hydrogens (tertiary/aromatic N) is 2. The van der Waals surface area contributed by atoms with Crippen molar-refractivity contribution < 1.29 is 4.74 Å². The Morgan fingerprint density at radius 3 is 1.57 bits per heavy atom. The van der Waals surface area contributed by atoms with Crippen molar-refractivity contribution in [1.29, 1.82) is 0 Å². The summed E-state index contributed by atoms with van der Waals surface area (Å²) in [5, 5.41) is 2.34. The third-order valence-electron chi connectivity index (χ3n) is 10.1. The van der Waals surface area contributed by atoms with Gasteiger partial charge in [0.1, 0.15) is 11.5 Å². The largest absolute Gasteiger partial charge is 0.456 e. The van der Waals surface area contributed by atoms with Gasteiger partial charge in [-0.15, -0.1) is 0 Å². The summed E-state index contributed by atoms with van der Waals surface area (Å²) in [6.07, 6.45) is 0. The van der Waals surface area contributed by atoms with Gasteiger partial charge in [-0.25, -0.2) is 9.97 Å². The van der Waals surface area contributed by atoms with E-state index in [2.05, 4.69) is 170 Å². The Labute approximate surface area is 308 Å². The summed E-state index contributed by atoms with van der Waals surface area (Å²) in [6.45, 7) is 0. The molecule has 1 aliphatic rings. The van der Waals surface area contributed by atoms with E-state index in [-0.39, 0.29) is 0 Å². The SMILES string of the molecule is c1ccc(-c2cccc(-c3cc(-c4cc(-c5ccccc5)cc(-c5ccc6c(c5)Oc5cccc7cccc-6c57)c4)nc(-c4ccccc4)n3)c2)cc1. The summed E-state index contributed by atoms with van der Waals surface area (Å²) < 4.78 is 6.59.